The van der Waals surface area contributed by atoms with Crippen molar-refractivity contribution in [2.75, 3.05) is 0 Å². The van der Waals surface area contributed by atoms with Gasteiger partial charge in [0.2, 0.25) is 0 Å². The Morgan fingerprint density at radius 1 is 1.28 bits per heavy atom. The van der Waals surface area contributed by atoms with Gasteiger partial charge in [-0.05, 0) is 18.6 Å². The number of aliphatic carboxylic acids is 1. The van der Waals surface area contributed by atoms with E-state index in [1.165, 1.54) is 12.1 Å². The Balaban J connectivity index is 2.43. The lowest BCUT2D eigenvalue weighted by Gasteiger charge is -2.15. The predicted octanol–water partition coefficient (Wildman–Crippen LogP) is 2.87. The molecule has 1 aromatic heterocycles. The SMILES string of the molecule is CCCC(NC(=O)c1cnn(-c2ccccc2)c1C(F)(F)F)C(=O)O. The number of para-hydroxylation sites is 1. The fraction of sp³-hybridized carbons (Fsp3) is 0.312. The minimum atomic E-state index is -4.84. The van der Waals surface area contributed by atoms with E-state index in [-0.39, 0.29) is 12.1 Å². The molecule has 0 aliphatic rings. The first-order valence-corrected chi connectivity index (χ1v) is 7.50. The topological polar surface area (TPSA) is 84.2 Å². The molecule has 0 saturated carbocycles. The minimum absolute atomic E-state index is 0.106. The maximum absolute atomic E-state index is 13.5. The number of benzene rings is 1. The van der Waals surface area contributed by atoms with Crippen molar-refractivity contribution in [1.82, 2.24) is 15.1 Å². The highest BCUT2D eigenvalue weighted by molar-refractivity contribution is 5.97. The molecular weight excluding hydrogens is 339 g/mol. The number of carbonyl (C=O) groups excluding carboxylic acids is 1. The number of alkyl halides is 3. The van der Waals surface area contributed by atoms with E-state index in [1.54, 1.807) is 25.1 Å². The molecule has 0 spiro atoms. The number of aromatic nitrogens is 2. The molecule has 6 nitrogen and oxygen atoms in total. The number of hydrogen-bond acceptors (Lipinski definition) is 3. The molecular formula is C16H16F3N3O3. The second-order valence-electron chi connectivity index (χ2n) is 5.30. The molecule has 0 bridgehead atoms. The summed E-state index contributed by atoms with van der Waals surface area (Å²) in [7, 11) is 0. The monoisotopic (exact) mass is 355 g/mol. The van der Waals surface area contributed by atoms with E-state index in [4.69, 9.17) is 5.11 Å². The van der Waals surface area contributed by atoms with E-state index in [0.29, 0.717) is 11.1 Å². The van der Waals surface area contributed by atoms with E-state index < -0.39 is 35.4 Å². The lowest BCUT2D eigenvalue weighted by molar-refractivity contribution is -0.143. The van der Waals surface area contributed by atoms with Gasteiger partial charge in [-0.3, -0.25) is 4.79 Å². The van der Waals surface area contributed by atoms with Gasteiger partial charge in [0, 0.05) is 0 Å². The van der Waals surface area contributed by atoms with Crippen LogP contribution in [-0.4, -0.2) is 32.8 Å². The van der Waals surface area contributed by atoms with E-state index >= 15 is 0 Å². The Kier molecular flexibility index (Phi) is 5.45. The molecule has 2 aromatic rings. The first-order valence-electron chi connectivity index (χ1n) is 7.50. The van der Waals surface area contributed by atoms with Crippen LogP contribution in [0.15, 0.2) is 36.5 Å². The van der Waals surface area contributed by atoms with Crippen molar-refractivity contribution in [1.29, 1.82) is 0 Å². The number of hydrogen-bond donors (Lipinski definition) is 2. The molecule has 1 heterocycles. The van der Waals surface area contributed by atoms with E-state index in [9.17, 15) is 22.8 Å². The van der Waals surface area contributed by atoms with Crippen LogP contribution in [0.1, 0.15) is 35.8 Å². The molecule has 1 aromatic carbocycles. The molecule has 2 rings (SSSR count). The predicted molar refractivity (Wildman–Crippen MR) is 82.4 cm³/mol. The van der Waals surface area contributed by atoms with Crippen molar-refractivity contribution in [3.8, 4) is 5.69 Å². The van der Waals surface area contributed by atoms with Crippen LogP contribution >= 0.6 is 0 Å². The fourth-order valence-corrected chi connectivity index (χ4v) is 2.33. The maximum atomic E-state index is 13.5. The first kappa shape index (κ1) is 18.5. The number of carboxylic acids is 1. The third kappa shape index (κ3) is 4.17. The number of halogens is 3. The van der Waals surface area contributed by atoms with Crippen molar-refractivity contribution in [2.45, 2.75) is 32.0 Å². The molecule has 0 aliphatic heterocycles. The summed E-state index contributed by atoms with van der Waals surface area (Å²) in [6.07, 6.45) is -3.50. The standard InChI is InChI=1S/C16H16F3N3O3/c1-2-6-12(15(24)25)21-14(23)11-9-20-22(13(11)16(17,18)19)10-7-4-3-5-8-10/h3-5,7-9,12H,2,6H2,1H3,(H,21,23)(H,24,25). The maximum Gasteiger partial charge on any atom is 0.434 e. The molecule has 1 unspecified atom stereocenters. The average molecular weight is 355 g/mol. The van der Waals surface area contributed by atoms with E-state index in [2.05, 4.69) is 10.4 Å². The van der Waals surface area contributed by atoms with Gasteiger partial charge in [0.05, 0.1) is 17.4 Å². The second-order valence-corrected chi connectivity index (χ2v) is 5.30. The highest BCUT2D eigenvalue weighted by Gasteiger charge is 2.41. The highest BCUT2D eigenvalue weighted by atomic mass is 19.4. The fourth-order valence-electron chi connectivity index (χ4n) is 2.33. The molecule has 0 fully saturated rings. The molecule has 1 amide bonds. The van der Waals surface area contributed by atoms with Gasteiger partial charge >= 0.3 is 12.1 Å². The zero-order valence-electron chi connectivity index (χ0n) is 13.2. The van der Waals surface area contributed by atoms with E-state index in [0.717, 1.165) is 6.20 Å². The number of nitrogens with zero attached hydrogens (tertiary/aromatic N) is 2. The van der Waals surface area contributed by atoms with Crippen LogP contribution in [0.5, 0.6) is 0 Å². The van der Waals surface area contributed by atoms with Crippen molar-refractivity contribution < 1.29 is 27.9 Å². The lowest BCUT2D eigenvalue weighted by Crippen LogP contribution is -2.41. The van der Waals surface area contributed by atoms with Gasteiger partial charge in [-0.15, -0.1) is 0 Å². The molecule has 1 atom stereocenters. The van der Waals surface area contributed by atoms with Crippen LogP contribution in [0.3, 0.4) is 0 Å². The lowest BCUT2D eigenvalue weighted by atomic mass is 10.1. The van der Waals surface area contributed by atoms with Crippen molar-refractivity contribution in [3.63, 3.8) is 0 Å². The van der Waals surface area contributed by atoms with Crippen molar-refractivity contribution in [3.05, 3.63) is 47.8 Å². The van der Waals surface area contributed by atoms with Crippen LogP contribution in [0, 0.1) is 0 Å². The summed E-state index contributed by atoms with van der Waals surface area (Å²) in [5, 5.41) is 14.8. The van der Waals surface area contributed by atoms with Gasteiger partial charge in [0.15, 0.2) is 5.69 Å². The van der Waals surface area contributed by atoms with Gasteiger partial charge in [0.1, 0.15) is 6.04 Å². The van der Waals surface area contributed by atoms with Gasteiger partial charge < -0.3 is 10.4 Å². The van der Waals surface area contributed by atoms with Crippen LogP contribution in [0.2, 0.25) is 0 Å². The molecule has 134 valence electrons. The Hall–Kier alpha value is -2.84. The second kappa shape index (κ2) is 7.37. The van der Waals surface area contributed by atoms with Gasteiger partial charge in [-0.1, -0.05) is 31.5 Å². The van der Waals surface area contributed by atoms with Crippen molar-refractivity contribution >= 4 is 11.9 Å². The van der Waals surface area contributed by atoms with Gasteiger partial charge in [0.25, 0.3) is 5.91 Å². The summed E-state index contributed by atoms with van der Waals surface area (Å²) in [6, 6.07) is 6.29. The first-order chi connectivity index (χ1) is 11.8. The summed E-state index contributed by atoms with van der Waals surface area (Å²) in [4.78, 5) is 23.3. The summed E-state index contributed by atoms with van der Waals surface area (Å²) in [5.41, 5.74) is -1.84. The zero-order chi connectivity index (χ0) is 18.6. The number of nitrogens with one attached hydrogen (secondary N) is 1. The largest absolute Gasteiger partial charge is 0.480 e. The summed E-state index contributed by atoms with van der Waals surface area (Å²) >= 11 is 0. The molecule has 9 heteroatoms. The van der Waals surface area contributed by atoms with Crippen LogP contribution in [0.4, 0.5) is 13.2 Å². The van der Waals surface area contributed by atoms with Crippen LogP contribution in [-0.2, 0) is 11.0 Å². The van der Waals surface area contributed by atoms with Crippen LogP contribution < -0.4 is 5.32 Å². The molecule has 25 heavy (non-hydrogen) atoms. The molecule has 0 aliphatic carbocycles. The summed E-state index contributed by atoms with van der Waals surface area (Å²) in [6.45, 7) is 1.71. The number of amides is 1. The number of rotatable bonds is 6. The summed E-state index contributed by atoms with van der Waals surface area (Å²) in [5.74, 6) is -2.44. The van der Waals surface area contributed by atoms with Gasteiger partial charge in [-0.25, -0.2) is 9.48 Å². The van der Waals surface area contributed by atoms with Crippen LogP contribution in [0.25, 0.3) is 5.69 Å². The number of carboxylic acid groups (broad SMARTS) is 1. The minimum Gasteiger partial charge on any atom is -0.480 e. The summed E-state index contributed by atoms with van der Waals surface area (Å²) < 4.78 is 41.0. The smallest absolute Gasteiger partial charge is 0.434 e. The average Bonchev–Trinajstić information content (AvgIpc) is 3.00. The molecule has 2 N–H and O–H groups in total. The molecule has 0 saturated heterocycles. The Bertz CT molecular complexity index is 757. The van der Waals surface area contributed by atoms with Crippen molar-refractivity contribution in [2.24, 2.45) is 0 Å². The Morgan fingerprint density at radius 2 is 1.92 bits per heavy atom. The Labute approximate surface area is 141 Å². The third-order valence-electron chi connectivity index (χ3n) is 3.46. The Morgan fingerprint density at radius 3 is 2.44 bits per heavy atom. The quantitative estimate of drug-likeness (QED) is 0.835. The third-order valence-corrected chi connectivity index (χ3v) is 3.46. The van der Waals surface area contributed by atoms with E-state index in [1.807, 2.05) is 0 Å². The normalized spacial score (nSPS) is 12.6. The van der Waals surface area contributed by atoms with Gasteiger partial charge in [-0.2, -0.15) is 18.3 Å². The number of carbonyl (C=O) groups is 2. The zero-order valence-corrected chi connectivity index (χ0v) is 13.2. The molecule has 0 radical (unpaired) electrons. The highest BCUT2D eigenvalue weighted by Crippen LogP contribution is 2.33.